The third-order valence-corrected chi connectivity index (χ3v) is 9.53. The van der Waals surface area contributed by atoms with Crippen LogP contribution in [0.1, 0.15) is 25.0 Å². The maximum Gasteiger partial charge on any atom is 0.172 e. The van der Waals surface area contributed by atoms with Crippen LogP contribution in [-0.2, 0) is 5.41 Å². The molecule has 3 heteroatoms. The Kier molecular flexibility index (Phi) is 5.85. The summed E-state index contributed by atoms with van der Waals surface area (Å²) in [4.78, 5) is 2.36. The van der Waals surface area contributed by atoms with Gasteiger partial charge in [0.25, 0.3) is 0 Å². The fourth-order valence-electron chi connectivity index (χ4n) is 7.26. The first kappa shape index (κ1) is 26.6. The van der Waals surface area contributed by atoms with Gasteiger partial charge < -0.3 is 14.4 Å². The minimum Gasteiger partial charge on any atom is -0.450 e. The molecule has 0 spiro atoms. The minimum absolute atomic E-state index is 0.122. The molecule has 0 aromatic heterocycles. The Morgan fingerprint density at radius 3 is 1.85 bits per heavy atom. The minimum atomic E-state index is -0.122. The molecule has 0 amide bonds. The van der Waals surface area contributed by atoms with Crippen LogP contribution in [-0.4, -0.2) is 0 Å². The van der Waals surface area contributed by atoms with Crippen LogP contribution >= 0.6 is 0 Å². The average molecular weight is 594 g/mol. The van der Waals surface area contributed by atoms with Gasteiger partial charge in [-0.25, -0.2) is 0 Å². The predicted octanol–water partition coefficient (Wildman–Crippen LogP) is 12.2. The van der Waals surface area contributed by atoms with E-state index in [2.05, 4.69) is 140 Å². The van der Waals surface area contributed by atoms with Crippen molar-refractivity contribution in [2.45, 2.75) is 19.3 Å². The quantitative estimate of drug-likeness (QED) is 0.203. The van der Waals surface area contributed by atoms with E-state index in [1.54, 1.807) is 0 Å². The molecular weight excluding hydrogens is 562 g/mol. The molecule has 0 radical (unpaired) electrons. The summed E-state index contributed by atoms with van der Waals surface area (Å²) in [6.45, 7) is 4.66. The van der Waals surface area contributed by atoms with Crippen LogP contribution in [0.25, 0.3) is 33.0 Å². The maximum absolute atomic E-state index is 6.40. The highest BCUT2D eigenvalue weighted by Crippen LogP contribution is 2.52. The third kappa shape index (κ3) is 4.05. The third-order valence-electron chi connectivity index (χ3n) is 9.53. The second kappa shape index (κ2) is 10.1. The molecule has 3 nitrogen and oxygen atoms in total. The van der Waals surface area contributed by atoms with E-state index in [1.165, 1.54) is 44.2 Å². The molecule has 0 fully saturated rings. The van der Waals surface area contributed by atoms with Gasteiger partial charge in [-0.3, -0.25) is 0 Å². The molecule has 0 saturated heterocycles. The largest absolute Gasteiger partial charge is 0.450 e. The van der Waals surface area contributed by atoms with Crippen molar-refractivity contribution in [3.63, 3.8) is 0 Å². The van der Waals surface area contributed by atoms with Crippen molar-refractivity contribution < 1.29 is 9.47 Å². The van der Waals surface area contributed by atoms with Gasteiger partial charge in [-0.2, -0.15) is 0 Å². The van der Waals surface area contributed by atoms with Crippen molar-refractivity contribution in [3.8, 4) is 45.3 Å². The number of hydrogen-bond acceptors (Lipinski definition) is 3. The van der Waals surface area contributed by atoms with Crippen molar-refractivity contribution >= 4 is 27.8 Å². The van der Waals surface area contributed by atoms with E-state index in [9.17, 15) is 0 Å². The maximum atomic E-state index is 6.40. The summed E-state index contributed by atoms with van der Waals surface area (Å²) >= 11 is 0. The normalized spacial score (nSPS) is 13.5. The molecule has 7 aromatic rings. The molecule has 1 aliphatic heterocycles. The second-order valence-corrected chi connectivity index (χ2v) is 12.6. The lowest BCUT2D eigenvalue weighted by atomic mass is 9.82. The predicted molar refractivity (Wildman–Crippen MR) is 188 cm³/mol. The van der Waals surface area contributed by atoms with Gasteiger partial charge in [-0.05, 0) is 81.2 Å². The number of para-hydroxylation sites is 2. The molecule has 1 aliphatic carbocycles. The number of benzene rings is 7. The van der Waals surface area contributed by atoms with Crippen molar-refractivity contribution in [2.24, 2.45) is 0 Å². The molecule has 0 atom stereocenters. The van der Waals surface area contributed by atoms with Crippen LogP contribution in [0.3, 0.4) is 0 Å². The summed E-state index contributed by atoms with van der Waals surface area (Å²) in [6.07, 6.45) is 0. The number of rotatable bonds is 4. The summed E-state index contributed by atoms with van der Waals surface area (Å²) in [5.41, 5.74) is 10.8. The van der Waals surface area contributed by atoms with Crippen LogP contribution in [0, 0.1) is 0 Å². The fraction of sp³-hybridized carbons (Fsp3) is 0.0698. The molecule has 0 saturated carbocycles. The van der Waals surface area contributed by atoms with Gasteiger partial charge in [0, 0.05) is 22.6 Å². The monoisotopic (exact) mass is 593 g/mol. The van der Waals surface area contributed by atoms with E-state index in [1.807, 2.05) is 30.3 Å². The zero-order chi connectivity index (χ0) is 30.8. The first-order valence-electron chi connectivity index (χ1n) is 15.8. The van der Waals surface area contributed by atoms with E-state index in [0.29, 0.717) is 17.2 Å². The molecule has 0 N–H and O–H groups in total. The molecule has 46 heavy (non-hydrogen) atoms. The molecule has 0 bridgehead atoms. The second-order valence-electron chi connectivity index (χ2n) is 12.6. The first-order valence-corrected chi connectivity index (χ1v) is 15.8. The Balaban J connectivity index is 1.26. The summed E-state index contributed by atoms with van der Waals surface area (Å²) < 4.78 is 12.6. The van der Waals surface area contributed by atoms with Crippen molar-refractivity contribution in [1.29, 1.82) is 0 Å². The Morgan fingerprint density at radius 2 is 1.02 bits per heavy atom. The van der Waals surface area contributed by atoms with Crippen LogP contribution in [0.5, 0.6) is 23.0 Å². The lowest BCUT2D eigenvalue weighted by Crippen LogP contribution is -2.16. The summed E-state index contributed by atoms with van der Waals surface area (Å²) in [7, 11) is 0. The molecular formula is C43H31NO2. The first-order chi connectivity index (χ1) is 22.6. The lowest BCUT2D eigenvalue weighted by molar-refractivity contribution is 0.360. The van der Waals surface area contributed by atoms with Crippen LogP contribution in [0.4, 0.5) is 17.1 Å². The standard InChI is InChI=1S/C43H31NO2/c1-43(2)36-17-9-8-15-33(36)34-22-20-29(26-37(34)43)44(30-21-25-41-42(27-30)46-40-19-11-10-18-39(40)45-41)38-24-23-31(28-12-4-3-5-13-28)32-14-6-7-16-35(32)38/h3-27H,1-2H3. The zero-order valence-electron chi connectivity index (χ0n) is 25.7. The van der Waals surface area contributed by atoms with Gasteiger partial charge in [0.15, 0.2) is 23.0 Å². The Bertz CT molecular complexity index is 2300. The number of ether oxygens (including phenoxy) is 2. The summed E-state index contributed by atoms with van der Waals surface area (Å²) in [6, 6.07) is 53.6. The van der Waals surface area contributed by atoms with Gasteiger partial charge in [0.05, 0.1) is 11.4 Å². The lowest BCUT2D eigenvalue weighted by Gasteiger charge is -2.30. The number of hydrogen-bond donors (Lipinski definition) is 0. The van der Waals surface area contributed by atoms with Crippen LogP contribution < -0.4 is 14.4 Å². The van der Waals surface area contributed by atoms with Gasteiger partial charge in [-0.15, -0.1) is 0 Å². The van der Waals surface area contributed by atoms with Gasteiger partial charge in [0.2, 0.25) is 0 Å². The molecule has 7 aromatic carbocycles. The molecule has 0 unspecified atom stereocenters. The van der Waals surface area contributed by atoms with E-state index < -0.39 is 0 Å². The fourth-order valence-corrected chi connectivity index (χ4v) is 7.26. The van der Waals surface area contributed by atoms with Crippen LogP contribution in [0.15, 0.2) is 152 Å². The van der Waals surface area contributed by atoms with Gasteiger partial charge in [0.1, 0.15) is 0 Å². The Hall–Kier alpha value is -5.80. The topological polar surface area (TPSA) is 21.7 Å². The molecule has 9 rings (SSSR count). The van der Waals surface area contributed by atoms with Crippen molar-refractivity contribution in [1.82, 2.24) is 0 Å². The van der Waals surface area contributed by atoms with E-state index >= 15 is 0 Å². The zero-order valence-corrected chi connectivity index (χ0v) is 25.7. The highest BCUT2D eigenvalue weighted by atomic mass is 16.6. The van der Waals surface area contributed by atoms with E-state index in [4.69, 9.17) is 9.47 Å². The molecule has 2 aliphatic rings. The highest BCUT2D eigenvalue weighted by molar-refractivity contribution is 6.06. The van der Waals surface area contributed by atoms with Gasteiger partial charge >= 0.3 is 0 Å². The average Bonchev–Trinajstić information content (AvgIpc) is 3.33. The SMILES string of the molecule is CC1(C)c2ccccc2-c2ccc(N(c3ccc4c(c3)Oc3ccccc3O4)c3ccc(-c4ccccc4)c4ccccc34)cc21. The van der Waals surface area contributed by atoms with Gasteiger partial charge in [-0.1, -0.05) is 117 Å². The van der Waals surface area contributed by atoms with E-state index in [-0.39, 0.29) is 5.41 Å². The van der Waals surface area contributed by atoms with Crippen molar-refractivity contribution in [3.05, 3.63) is 163 Å². The van der Waals surface area contributed by atoms with Crippen LogP contribution in [0.2, 0.25) is 0 Å². The van der Waals surface area contributed by atoms with E-state index in [0.717, 1.165) is 22.8 Å². The summed E-state index contributed by atoms with van der Waals surface area (Å²) in [5, 5.41) is 2.38. The molecule has 1 heterocycles. The van der Waals surface area contributed by atoms with Crippen molar-refractivity contribution in [2.75, 3.05) is 4.90 Å². The number of anilines is 3. The Morgan fingerprint density at radius 1 is 0.435 bits per heavy atom. The molecule has 220 valence electrons. The summed E-state index contributed by atoms with van der Waals surface area (Å²) in [5.74, 6) is 2.84. The number of nitrogens with zero attached hydrogens (tertiary/aromatic N) is 1. The smallest absolute Gasteiger partial charge is 0.172 e. The number of fused-ring (bicyclic) bond motifs is 6. The highest BCUT2D eigenvalue weighted by Gasteiger charge is 2.36. The Labute approximate surface area is 268 Å².